The summed E-state index contributed by atoms with van der Waals surface area (Å²) >= 11 is 0. The Morgan fingerprint density at radius 3 is 1.74 bits per heavy atom. The molecule has 0 aliphatic carbocycles. The topological polar surface area (TPSA) is 43.7 Å². The molecule has 108 valence electrons. The molecule has 1 rings (SSSR count). The van der Waals surface area contributed by atoms with Crippen molar-refractivity contribution in [3.8, 4) is 0 Å². The Labute approximate surface area is 116 Å². The first-order chi connectivity index (χ1) is 8.58. The van der Waals surface area contributed by atoms with Gasteiger partial charge < -0.3 is 10.2 Å². The summed E-state index contributed by atoms with van der Waals surface area (Å²) in [5.41, 5.74) is -0.376. The molecule has 0 aliphatic heterocycles. The summed E-state index contributed by atoms with van der Waals surface area (Å²) in [4.78, 5) is 2.12. The van der Waals surface area contributed by atoms with Crippen molar-refractivity contribution in [3.05, 3.63) is 35.9 Å². The highest BCUT2D eigenvalue weighted by Crippen LogP contribution is 2.24. The first-order valence-electron chi connectivity index (χ1n) is 6.82. The van der Waals surface area contributed by atoms with E-state index in [-0.39, 0.29) is 6.04 Å². The van der Waals surface area contributed by atoms with E-state index in [4.69, 9.17) is 0 Å². The van der Waals surface area contributed by atoms with Crippen LogP contribution in [0.3, 0.4) is 0 Å². The molecule has 0 spiro atoms. The van der Waals surface area contributed by atoms with Gasteiger partial charge in [-0.2, -0.15) is 0 Å². The second-order valence-electron chi connectivity index (χ2n) is 6.62. The third-order valence-corrected chi connectivity index (χ3v) is 3.01. The number of hydrogen-bond donors (Lipinski definition) is 2. The molecule has 0 saturated carbocycles. The van der Waals surface area contributed by atoms with Crippen LogP contribution in [0.4, 0.5) is 0 Å². The molecule has 0 amide bonds. The van der Waals surface area contributed by atoms with Gasteiger partial charge in [0.1, 0.15) is 0 Å². The van der Waals surface area contributed by atoms with Crippen LogP contribution in [0.25, 0.3) is 0 Å². The van der Waals surface area contributed by atoms with Gasteiger partial charge in [0.25, 0.3) is 0 Å². The molecule has 0 bridgehead atoms. The molecular formula is C16H27NO2. The first-order valence-corrected chi connectivity index (χ1v) is 6.82. The van der Waals surface area contributed by atoms with E-state index in [0.29, 0.717) is 13.1 Å². The van der Waals surface area contributed by atoms with E-state index in [9.17, 15) is 10.2 Å². The molecule has 0 heterocycles. The Morgan fingerprint density at radius 2 is 1.37 bits per heavy atom. The zero-order valence-corrected chi connectivity index (χ0v) is 12.7. The molecule has 2 N–H and O–H groups in total. The fourth-order valence-electron chi connectivity index (χ4n) is 2.27. The summed E-state index contributed by atoms with van der Waals surface area (Å²) in [6.45, 7) is 10.3. The average Bonchev–Trinajstić information content (AvgIpc) is 2.24. The van der Waals surface area contributed by atoms with E-state index in [1.165, 1.54) is 5.56 Å². The molecule has 0 aliphatic rings. The van der Waals surface area contributed by atoms with Crippen molar-refractivity contribution in [3.63, 3.8) is 0 Å². The Kier molecular flexibility index (Phi) is 5.13. The van der Waals surface area contributed by atoms with Crippen molar-refractivity contribution in [2.24, 2.45) is 0 Å². The van der Waals surface area contributed by atoms with Crippen LogP contribution in [-0.2, 0) is 0 Å². The molecule has 1 aromatic carbocycles. The van der Waals surface area contributed by atoms with E-state index in [1.54, 1.807) is 27.7 Å². The number of benzene rings is 1. The van der Waals surface area contributed by atoms with Crippen LogP contribution in [0, 0.1) is 0 Å². The molecule has 19 heavy (non-hydrogen) atoms. The molecule has 0 aromatic heterocycles. The molecule has 0 fully saturated rings. The number of nitrogens with zero attached hydrogens (tertiary/aromatic N) is 1. The number of hydrogen-bond acceptors (Lipinski definition) is 3. The molecular weight excluding hydrogens is 238 g/mol. The van der Waals surface area contributed by atoms with E-state index >= 15 is 0 Å². The third kappa shape index (κ3) is 6.19. The smallest absolute Gasteiger partial charge is 0.0718 e. The lowest BCUT2D eigenvalue weighted by Gasteiger charge is -2.37. The Hall–Kier alpha value is -0.900. The molecule has 0 unspecified atom stereocenters. The first kappa shape index (κ1) is 16.2. The van der Waals surface area contributed by atoms with Crippen molar-refractivity contribution in [1.82, 2.24) is 4.90 Å². The van der Waals surface area contributed by atoms with Crippen LogP contribution < -0.4 is 0 Å². The maximum Gasteiger partial charge on any atom is 0.0718 e. The molecule has 0 radical (unpaired) electrons. The van der Waals surface area contributed by atoms with Crippen LogP contribution in [0.1, 0.15) is 46.2 Å². The van der Waals surface area contributed by atoms with Crippen molar-refractivity contribution < 1.29 is 10.2 Å². The van der Waals surface area contributed by atoms with Gasteiger partial charge in [-0.05, 0) is 40.2 Å². The van der Waals surface area contributed by atoms with Gasteiger partial charge in [0, 0.05) is 19.1 Å². The summed E-state index contributed by atoms with van der Waals surface area (Å²) in [6, 6.07) is 10.3. The van der Waals surface area contributed by atoms with Gasteiger partial charge in [-0.1, -0.05) is 30.3 Å². The fourth-order valence-corrected chi connectivity index (χ4v) is 2.27. The standard InChI is InChI=1S/C16H27NO2/c1-13(14-9-7-6-8-10-14)17(11-15(2,3)18)12-16(4,5)19/h6-10,13,18-19H,11-12H2,1-5H3/t13-/m1/s1. The van der Waals surface area contributed by atoms with Crippen LogP contribution in [0.5, 0.6) is 0 Å². The van der Waals surface area contributed by atoms with Gasteiger partial charge >= 0.3 is 0 Å². The third-order valence-electron chi connectivity index (χ3n) is 3.01. The van der Waals surface area contributed by atoms with Gasteiger partial charge in [0.15, 0.2) is 0 Å². The van der Waals surface area contributed by atoms with Crippen molar-refractivity contribution in [2.75, 3.05) is 13.1 Å². The van der Waals surface area contributed by atoms with E-state index < -0.39 is 11.2 Å². The van der Waals surface area contributed by atoms with Crippen LogP contribution >= 0.6 is 0 Å². The summed E-state index contributed by atoms with van der Waals surface area (Å²) in [5.74, 6) is 0. The van der Waals surface area contributed by atoms with Gasteiger partial charge in [-0.3, -0.25) is 4.90 Å². The molecule has 3 nitrogen and oxygen atoms in total. The molecule has 1 atom stereocenters. The second-order valence-corrected chi connectivity index (χ2v) is 6.62. The van der Waals surface area contributed by atoms with Gasteiger partial charge in [-0.15, -0.1) is 0 Å². The van der Waals surface area contributed by atoms with E-state index in [2.05, 4.69) is 24.0 Å². The van der Waals surface area contributed by atoms with Crippen LogP contribution in [0.2, 0.25) is 0 Å². The Morgan fingerprint density at radius 1 is 0.947 bits per heavy atom. The van der Waals surface area contributed by atoms with Crippen molar-refractivity contribution >= 4 is 0 Å². The zero-order valence-electron chi connectivity index (χ0n) is 12.7. The van der Waals surface area contributed by atoms with Gasteiger partial charge in [0.2, 0.25) is 0 Å². The molecule has 1 aromatic rings. The Bertz CT molecular complexity index is 360. The summed E-state index contributed by atoms with van der Waals surface area (Å²) < 4.78 is 0. The number of rotatable bonds is 6. The number of aliphatic hydroxyl groups is 2. The second kappa shape index (κ2) is 6.04. The summed E-state index contributed by atoms with van der Waals surface area (Å²) in [5, 5.41) is 20.1. The predicted molar refractivity (Wildman–Crippen MR) is 79.0 cm³/mol. The summed E-state index contributed by atoms with van der Waals surface area (Å²) in [6.07, 6.45) is 0. The average molecular weight is 265 g/mol. The maximum atomic E-state index is 10.1. The molecule has 0 saturated heterocycles. The highest BCUT2D eigenvalue weighted by atomic mass is 16.3. The van der Waals surface area contributed by atoms with Crippen molar-refractivity contribution in [2.45, 2.75) is 51.9 Å². The molecule has 3 heteroatoms. The fraction of sp³-hybridized carbons (Fsp3) is 0.625. The predicted octanol–water partition coefficient (Wildman–Crippen LogP) is 2.59. The van der Waals surface area contributed by atoms with Crippen molar-refractivity contribution in [1.29, 1.82) is 0 Å². The maximum absolute atomic E-state index is 10.1. The quantitative estimate of drug-likeness (QED) is 0.831. The largest absolute Gasteiger partial charge is 0.389 e. The van der Waals surface area contributed by atoms with E-state index in [0.717, 1.165) is 0 Å². The highest BCUT2D eigenvalue weighted by Gasteiger charge is 2.27. The summed E-state index contributed by atoms with van der Waals surface area (Å²) in [7, 11) is 0. The lowest BCUT2D eigenvalue weighted by atomic mass is 10.0. The highest BCUT2D eigenvalue weighted by molar-refractivity contribution is 5.18. The van der Waals surface area contributed by atoms with Gasteiger partial charge in [-0.25, -0.2) is 0 Å². The minimum absolute atomic E-state index is 0.152. The van der Waals surface area contributed by atoms with Crippen LogP contribution in [-0.4, -0.2) is 39.4 Å². The van der Waals surface area contributed by atoms with Gasteiger partial charge in [0.05, 0.1) is 11.2 Å². The minimum Gasteiger partial charge on any atom is -0.389 e. The van der Waals surface area contributed by atoms with E-state index in [1.807, 2.05) is 18.2 Å². The lowest BCUT2D eigenvalue weighted by molar-refractivity contribution is -0.0220. The monoisotopic (exact) mass is 265 g/mol. The SMILES string of the molecule is C[C@H](c1ccccc1)N(CC(C)(C)O)CC(C)(C)O. The van der Waals surface area contributed by atoms with Crippen LogP contribution in [0.15, 0.2) is 30.3 Å². The lowest BCUT2D eigenvalue weighted by Crippen LogP contribution is -2.46. The zero-order chi connectivity index (χ0) is 14.7. The Balaban J connectivity index is 2.90. The normalized spacial score (nSPS) is 14.7. The minimum atomic E-state index is -0.783.